The molecule has 3 rings (SSSR count). The summed E-state index contributed by atoms with van der Waals surface area (Å²) >= 11 is 0. The summed E-state index contributed by atoms with van der Waals surface area (Å²) in [5.74, 6) is 2.83. The first-order valence-electron chi connectivity index (χ1n) is 11.0. The van der Waals surface area contributed by atoms with Crippen LogP contribution in [0.1, 0.15) is 63.6 Å². The number of carbonyl (C=O) groups is 1. The van der Waals surface area contributed by atoms with Gasteiger partial charge in [-0.25, -0.2) is 9.48 Å². The topological polar surface area (TPSA) is 86.6 Å². The van der Waals surface area contributed by atoms with Crippen LogP contribution in [-0.2, 0) is 7.05 Å². The molecule has 1 aliphatic rings. The Morgan fingerprint density at radius 2 is 2.10 bits per heavy atom. The van der Waals surface area contributed by atoms with Gasteiger partial charge in [0.1, 0.15) is 5.69 Å². The van der Waals surface area contributed by atoms with Crippen molar-refractivity contribution in [2.45, 2.75) is 65.4 Å². The summed E-state index contributed by atoms with van der Waals surface area (Å²) in [5, 5.41) is 10.3. The summed E-state index contributed by atoms with van der Waals surface area (Å²) in [5.41, 5.74) is 1.81. The standard InChI is InChI=1S/C23H34N4O4/c1-6-7-8-10-17(18-11-9-12-19-21(18)30-14-29-19)13-24-23(28)25-22-20(31-15(2)3)16(4)26-27(22)5/h9,11-12,15,17H,6-8,10,13-14H2,1-5H3,(H2,24,25,28)/t17-/m0/s1. The fraction of sp³-hybridized carbons (Fsp3) is 0.565. The molecule has 0 unspecified atom stereocenters. The molecule has 2 amide bonds. The van der Waals surface area contributed by atoms with Crippen LogP contribution >= 0.6 is 0 Å². The Bertz CT molecular complexity index is 894. The van der Waals surface area contributed by atoms with Crippen molar-refractivity contribution in [3.63, 3.8) is 0 Å². The fourth-order valence-electron chi connectivity index (χ4n) is 3.80. The number of para-hydroxylation sites is 1. The molecule has 170 valence electrons. The predicted molar refractivity (Wildman–Crippen MR) is 120 cm³/mol. The van der Waals surface area contributed by atoms with E-state index >= 15 is 0 Å². The highest BCUT2D eigenvalue weighted by Gasteiger charge is 2.24. The number of carbonyl (C=O) groups excluding carboxylic acids is 1. The minimum Gasteiger partial charge on any atom is -0.485 e. The summed E-state index contributed by atoms with van der Waals surface area (Å²) in [6, 6.07) is 5.66. The van der Waals surface area contributed by atoms with Crippen LogP contribution in [-0.4, -0.2) is 35.3 Å². The SMILES string of the molecule is CCCCC[C@@H](CNC(=O)Nc1c(OC(C)C)c(C)nn1C)c1cccc2c1OCO2. The molecule has 0 saturated carbocycles. The molecule has 0 fully saturated rings. The van der Waals surface area contributed by atoms with Crippen LogP contribution in [0.2, 0.25) is 0 Å². The Balaban J connectivity index is 1.69. The number of fused-ring (bicyclic) bond motifs is 1. The average molecular weight is 431 g/mol. The first-order valence-corrected chi connectivity index (χ1v) is 11.0. The molecule has 0 bridgehead atoms. The maximum Gasteiger partial charge on any atom is 0.320 e. The maximum atomic E-state index is 12.7. The molecule has 0 spiro atoms. The predicted octanol–water partition coefficient (Wildman–Crippen LogP) is 4.73. The number of nitrogens with one attached hydrogen (secondary N) is 2. The highest BCUT2D eigenvalue weighted by atomic mass is 16.7. The summed E-state index contributed by atoms with van der Waals surface area (Å²) in [7, 11) is 1.79. The molecule has 1 aromatic heterocycles. The molecule has 8 nitrogen and oxygen atoms in total. The van der Waals surface area contributed by atoms with Crippen molar-refractivity contribution in [1.82, 2.24) is 15.1 Å². The van der Waals surface area contributed by atoms with E-state index in [2.05, 4.69) is 28.7 Å². The molecule has 2 N–H and O–H groups in total. The third kappa shape index (κ3) is 5.62. The van der Waals surface area contributed by atoms with Gasteiger partial charge < -0.3 is 19.5 Å². The van der Waals surface area contributed by atoms with Crippen molar-refractivity contribution in [2.24, 2.45) is 7.05 Å². The number of aromatic nitrogens is 2. The Labute approximate surface area is 184 Å². The first-order chi connectivity index (χ1) is 14.9. The van der Waals surface area contributed by atoms with Gasteiger partial charge in [0.2, 0.25) is 6.79 Å². The molecular weight excluding hydrogens is 396 g/mol. The Hall–Kier alpha value is -2.90. The number of hydrogen-bond donors (Lipinski definition) is 2. The van der Waals surface area contributed by atoms with Gasteiger partial charge in [-0.15, -0.1) is 0 Å². The van der Waals surface area contributed by atoms with E-state index in [1.54, 1.807) is 11.7 Å². The number of ether oxygens (including phenoxy) is 3. The third-order valence-corrected chi connectivity index (χ3v) is 5.28. The number of nitrogens with zero attached hydrogens (tertiary/aromatic N) is 2. The van der Waals surface area contributed by atoms with E-state index < -0.39 is 0 Å². The number of urea groups is 1. The highest BCUT2D eigenvalue weighted by Crippen LogP contribution is 2.40. The summed E-state index contributed by atoms with van der Waals surface area (Å²) < 4.78 is 18.7. The van der Waals surface area contributed by atoms with E-state index in [0.29, 0.717) is 18.1 Å². The second-order valence-electron chi connectivity index (χ2n) is 8.16. The van der Waals surface area contributed by atoms with Gasteiger partial charge in [0.15, 0.2) is 23.1 Å². The molecule has 31 heavy (non-hydrogen) atoms. The van der Waals surface area contributed by atoms with E-state index in [9.17, 15) is 4.79 Å². The number of amides is 2. The van der Waals surface area contributed by atoms with Crippen molar-refractivity contribution in [3.8, 4) is 17.2 Å². The maximum absolute atomic E-state index is 12.7. The molecule has 2 heterocycles. The number of benzene rings is 1. The lowest BCUT2D eigenvalue weighted by Crippen LogP contribution is -2.33. The molecule has 0 saturated heterocycles. The second kappa shape index (κ2) is 10.4. The molecule has 1 atom stereocenters. The Morgan fingerprint density at radius 1 is 1.29 bits per heavy atom. The van der Waals surface area contributed by atoms with Gasteiger partial charge in [-0.2, -0.15) is 5.10 Å². The number of unbranched alkanes of at least 4 members (excludes halogenated alkanes) is 2. The van der Waals surface area contributed by atoms with Gasteiger partial charge >= 0.3 is 6.03 Å². The van der Waals surface area contributed by atoms with Gasteiger partial charge in [0.25, 0.3) is 0 Å². The lowest BCUT2D eigenvalue weighted by molar-refractivity contribution is 0.173. The highest BCUT2D eigenvalue weighted by molar-refractivity contribution is 5.90. The minimum atomic E-state index is -0.290. The van der Waals surface area contributed by atoms with Crippen LogP contribution in [0.15, 0.2) is 18.2 Å². The molecular formula is C23H34N4O4. The number of aryl methyl sites for hydroxylation is 2. The largest absolute Gasteiger partial charge is 0.485 e. The lowest BCUT2D eigenvalue weighted by Gasteiger charge is -2.20. The Morgan fingerprint density at radius 3 is 2.84 bits per heavy atom. The number of anilines is 1. The van der Waals surface area contributed by atoms with Crippen LogP contribution in [0.4, 0.5) is 10.6 Å². The van der Waals surface area contributed by atoms with Crippen molar-refractivity contribution in [3.05, 3.63) is 29.5 Å². The van der Waals surface area contributed by atoms with E-state index in [4.69, 9.17) is 14.2 Å². The van der Waals surface area contributed by atoms with Crippen LogP contribution in [0, 0.1) is 6.92 Å². The van der Waals surface area contributed by atoms with Gasteiger partial charge in [0, 0.05) is 25.1 Å². The van der Waals surface area contributed by atoms with Crippen LogP contribution < -0.4 is 24.8 Å². The molecule has 0 radical (unpaired) electrons. The van der Waals surface area contributed by atoms with E-state index in [1.807, 2.05) is 32.9 Å². The lowest BCUT2D eigenvalue weighted by atomic mass is 9.92. The van der Waals surface area contributed by atoms with E-state index in [1.165, 1.54) is 0 Å². The van der Waals surface area contributed by atoms with Gasteiger partial charge in [-0.05, 0) is 33.3 Å². The third-order valence-electron chi connectivity index (χ3n) is 5.28. The van der Waals surface area contributed by atoms with E-state index in [0.717, 1.165) is 48.4 Å². The quantitative estimate of drug-likeness (QED) is 0.532. The van der Waals surface area contributed by atoms with Crippen LogP contribution in [0.3, 0.4) is 0 Å². The smallest absolute Gasteiger partial charge is 0.320 e. The molecule has 8 heteroatoms. The van der Waals surface area contributed by atoms with Crippen molar-refractivity contribution in [1.29, 1.82) is 0 Å². The number of rotatable bonds is 10. The molecule has 0 aliphatic carbocycles. The summed E-state index contributed by atoms with van der Waals surface area (Å²) in [6.07, 6.45) is 4.32. The second-order valence-corrected chi connectivity index (χ2v) is 8.16. The van der Waals surface area contributed by atoms with Gasteiger partial charge in [0.05, 0.1) is 6.10 Å². The summed E-state index contributed by atoms with van der Waals surface area (Å²) in [4.78, 5) is 12.7. The minimum absolute atomic E-state index is 0.0168. The fourth-order valence-corrected chi connectivity index (χ4v) is 3.80. The van der Waals surface area contributed by atoms with Crippen LogP contribution in [0.25, 0.3) is 0 Å². The zero-order valence-electron chi connectivity index (χ0n) is 19.2. The summed E-state index contributed by atoms with van der Waals surface area (Å²) in [6.45, 7) is 8.67. The molecule has 1 aliphatic heterocycles. The van der Waals surface area contributed by atoms with Crippen LogP contribution in [0.5, 0.6) is 17.2 Å². The average Bonchev–Trinajstić information content (AvgIpc) is 3.30. The van der Waals surface area contributed by atoms with E-state index in [-0.39, 0.29) is 24.8 Å². The first kappa shape index (κ1) is 22.8. The normalized spacial score (nSPS) is 13.4. The number of hydrogen-bond acceptors (Lipinski definition) is 5. The van der Waals surface area contributed by atoms with Gasteiger partial charge in [-0.3, -0.25) is 5.32 Å². The van der Waals surface area contributed by atoms with Crippen molar-refractivity contribution >= 4 is 11.8 Å². The zero-order valence-corrected chi connectivity index (χ0v) is 19.2. The van der Waals surface area contributed by atoms with Crippen molar-refractivity contribution < 1.29 is 19.0 Å². The molecule has 1 aromatic carbocycles. The zero-order chi connectivity index (χ0) is 22.4. The van der Waals surface area contributed by atoms with Gasteiger partial charge in [-0.1, -0.05) is 38.3 Å². The molecule has 2 aromatic rings. The monoisotopic (exact) mass is 430 g/mol. The Kier molecular flexibility index (Phi) is 7.65. The van der Waals surface area contributed by atoms with Crippen molar-refractivity contribution in [2.75, 3.05) is 18.7 Å².